The standard InChI is InChI=1S/C40H42F3N3O6/c1-4-6-19-50-20-21-52-32-11-7-27(8-12-32)28-9-14-35-30(23-28)24-29(16-18-46(35)39(49)40(41,42)43)38(48)45-31-10-13-33(36(25-31)51-5-2)37(47)34-22-26(3)15-17-44-34/h7-15,17,22-25,37,47H,4-6,16,18-21H2,1-3H3,(H,45,48). The van der Waals surface area contributed by atoms with Crippen LogP contribution in [-0.4, -0.2) is 61.1 Å². The molecule has 1 unspecified atom stereocenters. The van der Waals surface area contributed by atoms with Crippen molar-refractivity contribution in [1.82, 2.24) is 4.98 Å². The molecule has 9 nitrogen and oxygen atoms in total. The van der Waals surface area contributed by atoms with Crippen LogP contribution in [-0.2, 0) is 14.3 Å². The molecular formula is C40H42F3N3O6. The van der Waals surface area contributed by atoms with E-state index in [9.17, 15) is 27.9 Å². The Morgan fingerprint density at radius 2 is 1.71 bits per heavy atom. The first kappa shape index (κ1) is 38.0. The zero-order valence-electron chi connectivity index (χ0n) is 29.3. The summed E-state index contributed by atoms with van der Waals surface area (Å²) >= 11 is 0. The fourth-order valence-electron chi connectivity index (χ4n) is 5.76. The molecule has 1 aliphatic rings. The predicted octanol–water partition coefficient (Wildman–Crippen LogP) is 8.05. The van der Waals surface area contributed by atoms with E-state index in [0.29, 0.717) is 58.7 Å². The maximum absolute atomic E-state index is 13.7. The molecule has 3 aromatic carbocycles. The number of aliphatic hydroxyl groups excluding tert-OH is 1. The maximum atomic E-state index is 13.7. The molecule has 2 amide bonds. The van der Waals surface area contributed by atoms with Crippen molar-refractivity contribution in [1.29, 1.82) is 0 Å². The van der Waals surface area contributed by atoms with Crippen molar-refractivity contribution in [2.45, 2.75) is 52.3 Å². The molecule has 52 heavy (non-hydrogen) atoms. The zero-order chi connectivity index (χ0) is 37.3. The minimum Gasteiger partial charge on any atom is -0.493 e. The van der Waals surface area contributed by atoms with Gasteiger partial charge in [0, 0.05) is 42.2 Å². The number of nitrogens with one attached hydrogen (secondary N) is 1. The van der Waals surface area contributed by atoms with E-state index in [2.05, 4.69) is 17.2 Å². The highest BCUT2D eigenvalue weighted by Gasteiger charge is 2.44. The molecule has 1 aliphatic heterocycles. The first-order valence-electron chi connectivity index (χ1n) is 17.2. The molecule has 1 atom stereocenters. The molecule has 0 spiro atoms. The van der Waals surface area contributed by atoms with Gasteiger partial charge in [-0.15, -0.1) is 0 Å². The van der Waals surface area contributed by atoms with Gasteiger partial charge >= 0.3 is 12.1 Å². The molecule has 0 radical (unpaired) electrons. The summed E-state index contributed by atoms with van der Waals surface area (Å²) in [7, 11) is 0. The van der Waals surface area contributed by atoms with Crippen LogP contribution in [0.4, 0.5) is 24.5 Å². The van der Waals surface area contributed by atoms with E-state index in [1.165, 1.54) is 12.1 Å². The summed E-state index contributed by atoms with van der Waals surface area (Å²) in [6, 6.07) is 20.4. The van der Waals surface area contributed by atoms with Gasteiger partial charge in [-0.2, -0.15) is 13.2 Å². The first-order chi connectivity index (χ1) is 25.0. The van der Waals surface area contributed by atoms with Crippen molar-refractivity contribution in [3.8, 4) is 22.6 Å². The largest absolute Gasteiger partial charge is 0.493 e. The van der Waals surface area contributed by atoms with Crippen LogP contribution in [0.25, 0.3) is 17.2 Å². The van der Waals surface area contributed by atoms with E-state index >= 15 is 0 Å². The Labute approximate surface area is 301 Å². The van der Waals surface area contributed by atoms with Crippen molar-refractivity contribution < 1.29 is 42.1 Å². The van der Waals surface area contributed by atoms with E-state index in [0.717, 1.165) is 24.0 Å². The van der Waals surface area contributed by atoms with Crippen LogP contribution in [0.2, 0.25) is 0 Å². The summed E-state index contributed by atoms with van der Waals surface area (Å²) in [5, 5.41) is 13.9. The normalized spacial score (nSPS) is 13.4. The summed E-state index contributed by atoms with van der Waals surface area (Å²) in [6.07, 6.45) is -1.18. The Hall–Kier alpha value is -5.20. The Balaban J connectivity index is 1.39. The Bertz CT molecular complexity index is 1890. The number of hydrogen-bond acceptors (Lipinski definition) is 7. The number of carbonyl (C=O) groups is 2. The van der Waals surface area contributed by atoms with Crippen molar-refractivity contribution in [2.75, 3.05) is 43.2 Å². The average Bonchev–Trinajstić information content (AvgIpc) is 3.32. The number of fused-ring (bicyclic) bond motifs is 1. The molecule has 0 aliphatic carbocycles. The van der Waals surface area contributed by atoms with Crippen LogP contribution in [0.15, 0.2) is 84.6 Å². The average molecular weight is 718 g/mol. The van der Waals surface area contributed by atoms with Gasteiger partial charge in [0.1, 0.15) is 24.2 Å². The van der Waals surface area contributed by atoms with E-state index in [4.69, 9.17) is 14.2 Å². The number of rotatable bonds is 14. The molecule has 0 saturated carbocycles. The fourth-order valence-corrected chi connectivity index (χ4v) is 5.76. The smallest absolute Gasteiger partial charge is 0.471 e. The Morgan fingerprint density at radius 3 is 2.42 bits per heavy atom. The third-order valence-corrected chi connectivity index (χ3v) is 8.44. The lowest BCUT2D eigenvalue weighted by molar-refractivity contribution is -0.170. The number of ether oxygens (including phenoxy) is 3. The molecule has 0 fully saturated rings. The molecule has 2 heterocycles. The number of hydrogen-bond donors (Lipinski definition) is 2. The minimum atomic E-state index is -5.12. The SMILES string of the molecule is CCCCOCCOc1ccc(-c2ccc3c(c2)C=C(C(=O)Nc2ccc(C(O)c4cc(C)ccn4)c(OCC)c2)CCN3C(=O)C(F)(F)F)cc1. The number of alkyl halides is 3. The second kappa shape index (κ2) is 17.3. The quantitative estimate of drug-likeness (QED) is 0.127. The Morgan fingerprint density at radius 1 is 0.942 bits per heavy atom. The molecule has 0 bridgehead atoms. The number of nitrogens with zero attached hydrogens (tertiary/aromatic N) is 2. The van der Waals surface area contributed by atoms with Crippen molar-refractivity contribution in [3.63, 3.8) is 0 Å². The number of aryl methyl sites for hydroxylation is 1. The van der Waals surface area contributed by atoms with Gasteiger partial charge in [-0.3, -0.25) is 14.6 Å². The molecule has 4 aromatic rings. The van der Waals surface area contributed by atoms with Crippen LogP contribution in [0.1, 0.15) is 61.6 Å². The second-order valence-corrected chi connectivity index (χ2v) is 12.3. The summed E-state index contributed by atoms with van der Waals surface area (Å²) < 4.78 is 58.3. The van der Waals surface area contributed by atoms with Gasteiger partial charge in [-0.25, -0.2) is 0 Å². The summed E-state index contributed by atoms with van der Waals surface area (Å²) in [6.45, 7) is 7.24. The van der Waals surface area contributed by atoms with Crippen molar-refractivity contribution in [3.05, 3.63) is 107 Å². The van der Waals surface area contributed by atoms with Gasteiger partial charge < -0.3 is 29.5 Å². The molecule has 274 valence electrons. The lowest BCUT2D eigenvalue weighted by Gasteiger charge is -2.24. The van der Waals surface area contributed by atoms with E-state index in [-0.39, 0.29) is 36.4 Å². The van der Waals surface area contributed by atoms with Crippen LogP contribution in [0, 0.1) is 6.92 Å². The highest BCUT2D eigenvalue weighted by Crippen LogP contribution is 2.36. The number of unbranched alkanes of at least 4 members (excludes halogenated alkanes) is 1. The minimum absolute atomic E-state index is 0.0404. The van der Waals surface area contributed by atoms with Gasteiger partial charge in [0.25, 0.3) is 5.91 Å². The monoisotopic (exact) mass is 717 g/mol. The highest BCUT2D eigenvalue weighted by molar-refractivity contribution is 6.09. The lowest BCUT2D eigenvalue weighted by atomic mass is 10.00. The molecular weight excluding hydrogens is 675 g/mol. The Kier molecular flexibility index (Phi) is 12.7. The summed E-state index contributed by atoms with van der Waals surface area (Å²) in [4.78, 5) is 31.2. The van der Waals surface area contributed by atoms with Gasteiger partial charge in [0.2, 0.25) is 0 Å². The molecule has 5 rings (SSSR count). The fraction of sp³-hybridized carbons (Fsp3) is 0.325. The molecule has 2 N–H and O–H groups in total. The highest BCUT2D eigenvalue weighted by atomic mass is 19.4. The molecule has 1 aromatic heterocycles. The van der Waals surface area contributed by atoms with E-state index < -0.39 is 24.1 Å². The summed E-state index contributed by atoms with van der Waals surface area (Å²) in [5.74, 6) is -1.61. The number of carbonyl (C=O) groups excluding carboxylic acids is 2. The number of benzene rings is 3. The van der Waals surface area contributed by atoms with Gasteiger partial charge in [-0.05, 0) is 97.5 Å². The zero-order valence-corrected chi connectivity index (χ0v) is 29.3. The number of halogens is 3. The summed E-state index contributed by atoms with van der Waals surface area (Å²) in [5.41, 5.74) is 4.08. The van der Waals surface area contributed by atoms with Crippen LogP contribution >= 0.6 is 0 Å². The van der Waals surface area contributed by atoms with Crippen molar-refractivity contribution in [2.24, 2.45) is 0 Å². The van der Waals surface area contributed by atoms with E-state index in [1.807, 2.05) is 25.1 Å². The lowest BCUT2D eigenvalue weighted by Crippen LogP contribution is -2.42. The number of aliphatic hydroxyl groups is 1. The van der Waals surface area contributed by atoms with Crippen LogP contribution in [0.3, 0.4) is 0 Å². The number of anilines is 2. The van der Waals surface area contributed by atoms with Crippen LogP contribution < -0.4 is 19.7 Å². The van der Waals surface area contributed by atoms with Gasteiger partial charge in [0.15, 0.2) is 0 Å². The second-order valence-electron chi connectivity index (χ2n) is 12.3. The van der Waals surface area contributed by atoms with Gasteiger partial charge in [-0.1, -0.05) is 37.6 Å². The van der Waals surface area contributed by atoms with Gasteiger partial charge in [0.05, 0.1) is 24.6 Å². The number of pyridine rings is 1. The maximum Gasteiger partial charge on any atom is 0.471 e. The first-order valence-corrected chi connectivity index (χ1v) is 17.2. The molecule has 12 heteroatoms. The van der Waals surface area contributed by atoms with Crippen molar-refractivity contribution >= 4 is 29.3 Å². The third kappa shape index (κ3) is 9.56. The molecule has 0 saturated heterocycles. The number of aromatic nitrogens is 1. The number of amides is 2. The third-order valence-electron chi connectivity index (χ3n) is 8.44. The predicted molar refractivity (Wildman–Crippen MR) is 193 cm³/mol. The van der Waals surface area contributed by atoms with Crippen LogP contribution in [0.5, 0.6) is 11.5 Å². The van der Waals surface area contributed by atoms with E-state index in [1.54, 1.807) is 61.7 Å². The topological polar surface area (TPSA) is 110 Å².